The van der Waals surface area contributed by atoms with Crippen LogP contribution < -0.4 is 5.73 Å². The summed E-state index contributed by atoms with van der Waals surface area (Å²) in [7, 11) is 0. The van der Waals surface area contributed by atoms with E-state index in [0.717, 1.165) is 31.6 Å². The zero-order valence-corrected chi connectivity index (χ0v) is 9.93. The minimum atomic E-state index is -0.0489. The van der Waals surface area contributed by atoms with E-state index in [1.54, 1.807) is 6.07 Å². The number of rotatable bonds is 1. The Morgan fingerprint density at radius 1 is 1.53 bits per heavy atom. The monoisotopic (exact) mass is 235 g/mol. The maximum atomic E-state index is 12.1. The third kappa shape index (κ3) is 1.74. The molecule has 17 heavy (non-hydrogen) atoms. The highest BCUT2D eigenvalue weighted by atomic mass is 16.5. The molecule has 1 aromatic heterocycles. The van der Waals surface area contributed by atoms with Gasteiger partial charge in [0.1, 0.15) is 0 Å². The molecule has 1 amide bonds. The minimum absolute atomic E-state index is 0.0489. The highest BCUT2D eigenvalue weighted by Crippen LogP contribution is 2.37. The van der Waals surface area contributed by atoms with Crippen molar-refractivity contribution < 1.29 is 9.32 Å². The van der Waals surface area contributed by atoms with Gasteiger partial charge in [0.05, 0.1) is 5.69 Å². The number of amides is 1. The lowest BCUT2D eigenvalue weighted by Crippen LogP contribution is -2.33. The van der Waals surface area contributed by atoms with Crippen molar-refractivity contribution in [2.45, 2.75) is 25.8 Å². The molecule has 0 bridgehead atoms. The molecule has 2 heterocycles. The second-order valence-corrected chi connectivity index (χ2v) is 5.21. The van der Waals surface area contributed by atoms with Crippen molar-refractivity contribution >= 4 is 5.91 Å². The Hall–Kier alpha value is -1.36. The Balaban J connectivity index is 1.73. The molecule has 1 saturated carbocycles. The summed E-state index contributed by atoms with van der Waals surface area (Å²) in [5.41, 5.74) is 6.79. The fourth-order valence-electron chi connectivity index (χ4n) is 3.09. The van der Waals surface area contributed by atoms with Gasteiger partial charge in [0.25, 0.3) is 5.91 Å². The van der Waals surface area contributed by atoms with E-state index in [-0.39, 0.29) is 11.9 Å². The molecule has 0 aromatic carbocycles. The van der Waals surface area contributed by atoms with Gasteiger partial charge in [-0.25, -0.2) is 0 Å². The molecule has 5 heteroatoms. The first-order chi connectivity index (χ1) is 8.15. The van der Waals surface area contributed by atoms with Gasteiger partial charge in [-0.05, 0) is 31.6 Å². The van der Waals surface area contributed by atoms with Crippen molar-refractivity contribution in [3.8, 4) is 0 Å². The van der Waals surface area contributed by atoms with Gasteiger partial charge in [-0.1, -0.05) is 5.16 Å². The Kier molecular flexibility index (Phi) is 2.43. The number of carbonyl (C=O) groups excluding carboxylic acids is 1. The number of carbonyl (C=O) groups is 1. The molecule has 2 N–H and O–H groups in total. The maximum absolute atomic E-state index is 12.1. The van der Waals surface area contributed by atoms with Crippen LogP contribution in [0.4, 0.5) is 0 Å². The van der Waals surface area contributed by atoms with Crippen molar-refractivity contribution in [3.05, 3.63) is 17.5 Å². The van der Waals surface area contributed by atoms with Crippen LogP contribution in [0.2, 0.25) is 0 Å². The number of fused-ring (bicyclic) bond motifs is 1. The molecule has 1 saturated heterocycles. The summed E-state index contributed by atoms with van der Waals surface area (Å²) in [4.78, 5) is 14.0. The molecule has 3 rings (SSSR count). The van der Waals surface area contributed by atoms with Gasteiger partial charge in [-0.3, -0.25) is 4.79 Å². The number of aromatic nitrogens is 1. The number of aryl methyl sites for hydroxylation is 1. The molecule has 5 nitrogen and oxygen atoms in total. The van der Waals surface area contributed by atoms with Gasteiger partial charge in [-0.15, -0.1) is 0 Å². The van der Waals surface area contributed by atoms with E-state index in [2.05, 4.69) is 5.16 Å². The average Bonchev–Trinajstić information content (AvgIpc) is 2.96. The molecule has 0 spiro atoms. The highest BCUT2D eigenvalue weighted by molar-refractivity contribution is 5.91. The molecule has 3 atom stereocenters. The number of hydrogen-bond acceptors (Lipinski definition) is 4. The van der Waals surface area contributed by atoms with Crippen molar-refractivity contribution in [2.75, 3.05) is 13.1 Å². The van der Waals surface area contributed by atoms with E-state index in [9.17, 15) is 4.79 Å². The molecule has 1 aliphatic heterocycles. The van der Waals surface area contributed by atoms with E-state index >= 15 is 0 Å². The SMILES string of the molecule is Cc1cc(C(=O)N2CC3CCC(N)C3C2)on1. The van der Waals surface area contributed by atoms with E-state index in [0.29, 0.717) is 17.6 Å². The second kappa shape index (κ2) is 3.84. The van der Waals surface area contributed by atoms with Crippen LogP contribution in [0.5, 0.6) is 0 Å². The number of nitrogens with two attached hydrogens (primary N) is 1. The van der Waals surface area contributed by atoms with Crippen molar-refractivity contribution in [1.82, 2.24) is 10.1 Å². The van der Waals surface area contributed by atoms with Crippen molar-refractivity contribution in [2.24, 2.45) is 17.6 Å². The molecule has 92 valence electrons. The molecule has 3 unspecified atom stereocenters. The van der Waals surface area contributed by atoms with Gasteiger partial charge in [0.15, 0.2) is 0 Å². The normalized spacial score (nSPS) is 31.9. The minimum Gasteiger partial charge on any atom is -0.351 e. The van der Waals surface area contributed by atoms with Crippen molar-refractivity contribution in [1.29, 1.82) is 0 Å². The first-order valence-electron chi connectivity index (χ1n) is 6.13. The molecular weight excluding hydrogens is 218 g/mol. The molecule has 2 aliphatic rings. The maximum Gasteiger partial charge on any atom is 0.292 e. The fraction of sp³-hybridized carbons (Fsp3) is 0.667. The lowest BCUT2D eigenvalue weighted by Gasteiger charge is -2.16. The smallest absolute Gasteiger partial charge is 0.292 e. The zero-order chi connectivity index (χ0) is 12.0. The van der Waals surface area contributed by atoms with E-state index in [4.69, 9.17) is 10.3 Å². The van der Waals surface area contributed by atoms with Crippen molar-refractivity contribution in [3.63, 3.8) is 0 Å². The third-order valence-electron chi connectivity index (χ3n) is 4.04. The van der Waals surface area contributed by atoms with Crippen LogP contribution >= 0.6 is 0 Å². The Bertz CT molecular complexity index is 443. The van der Waals surface area contributed by atoms with Crippen LogP contribution in [0.1, 0.15) is 29.1 Å². The predicted molar refractivity (Wildman–Crippen MR) is 61.3 cm³/mol. The largest absolute Gasteiger partial charge is 0.351 e. The standard InChI is InChI=1S/C12H17N3O2/c1-7-4-11(17-14-7)12(16)15-5-8-2-3-10(13)9(8)6-15/h4,8-10H,2-3,5-6,13H2,1H3. The Morgan fingerprint density at radius 2 is 2.35 bits per heavy atom. The van der Waals surface area contributed by atoms with Crippen LogP contribution in [0, 0.1) is 18.8 Å². The van der Waals surface area contributed by atoms with Crippen LogP contribution in [0.15, 0.2) is 10.6 Å². The summed E-state index contributed by atoms with van der Waals surface area (Å²) < 4.78 is 5.01. The van der Waals surface area contributed by atoms with E-state index < -0.39 is 0 Å². The lowest BCUT2D eigenvalue weighted by molar-refractivity contribution is 0.0738. The van der Waals surface area contributed by atoms with Gasteiger partial charge in [-0.2, -0.15) is 0 Å². The van der Waals surface area contributed by atoms with Crippen LogP contribution in [-0.2, 0) is 0 Å². The summed E-state index contributed by atoms with van der Waals surface area (Å²) in [5, 5.41) is 3.75. The summed E-state index contributed by atoms with van der Waals surface area (Å²) in [6.07, 6.45) is 2.24. The third-order valence-corrected chi connectivity index (χ3v) is 4.04. The van der Waals surface area contributed by atoms with Gasteiger partial charge < -0.3 is 15.2 Å². The van der Waals surface area contributed by atoms with E-state index in [1.807, 2.05) is 11.8 Å². The predicted octanol–water partition coefficient (Wildman–Crippen LogP) is 0.792. The quantitative estimate of drug-likeness (QED) is 0.781. The van der Waals surface area contributed by atoms with Crippen LogP contribution in [0.25, 0.3) is 0 Å². The zero-order valence-electron chi connectivity index (χ0n) is 9.93. The summed E-state index contributed by atoms with van der Waals surface area (Å²) in [6, 6.07) is 1.95. The molecular formula is C12H17N3O2. The average molecular weight is 235 g/mol. The molecule has 0 radical (unpaired) electrons. The Labute approximate surface area is 99.9 Å². The van der Waals surface area contributed by atoms with Gasteiger partial charge in [0, 0.05) is 25.2 Å². The first-order valence-corrected chi connectivity index (χ1v) is 6.13. The molecule has 1 aliphatic carbocycles. The second-order valence-electron chi connectivity index (χ2n) is 5.21. The Morgan fingerprint density at radius 3 is 3.00 bits per heavy atom. The number of hydrogen-bond donors (Lipinski definition) is 1. The highest BCUT2D eigenvalue weighted by Gasteiger charge is 2.43. The topological polar surface area (TPSA) is 72.4 Å². The summed E-state index contributed by atoms with van der Waals surface area (Å²) >= 11 is 0. The number of likely N-dealkylation sites (tertiary alicyclic amines) is 1. The number of nitrogens with zero attached hydrogens (tertiary/aromatic N) is 2. The van der Waals surface area contributed by atoms with Gasteiger partial charge >= 0.3 is 0 Å². The molecule has 1 aromatic rings. The van der Waals surface area contributed by atoms with Crippen LogP contribution in [-0.4, -0.2) is 35.1 Å². The lowest BCUT2D eigenvalue weighted by atomic mass is 9.98. The van der Waals surface area contributed by atoms with Crippen LogP contribution in [0.3, 0.4) is 0 Å². The molecule has 2 fully saturated rings. The summed E-state index contributed by atoms with van der Waals surface area (Å²) in [6.45, 7) is 3.40. The first kappa shape index (κ1) is 10.8. The van der Waals surface area contributed by atoms with Gasteiger partial charge in [0.2, 0.25) is 5.76 Å². The van der Waals surface area contributed by atoms with E-state index in [1.165, 1.54) is 0 Å². The summed E-state index contributed by atoms with van der Waals surface area (Å²) in [5.74, 6) is 1.35. The fourth-order valence-corrected chi connectivity index (χ4v) is 3.09.